The molecule has 3 heterocycles. The SMILES string of the molecule is CC1CN(c2nc3c(cc2F)c(=O)c(C(=O)O)cn3C2CCCC2)CC(C)N1. The fourth-order valence-electron chi connectivity index (χ4n) is 4.57. The fourth-order valence-corrected chi connectivity index (χ4v) is 4.57. The first kappa shape index (κ1) is 18.9. The van der Waals surface area contributed by atoms with Crippen molar-refractivity contribution in [3.05, 3.63) is 33.9 Å². The molecule has 0 bridgehead atoms. The normalized spacial score (nSPS) is 23.5. The van der Waals surface area contributed by atoms with Crippen molar-refractivity contribution in [2.24, 2.45) is 0 Å². The summed E-state index contributed by atoms with van der Waals surface area (Å²) in [6.07, 6.45) is 5.27. The number of anilines is 1. The summed E-state index contributed by atoms with van der Waals surface area (Å²) in [5.41, 5.74) is -0.647. The zero-order chi connectivity index (χ0) is 20.0. The molecule has 28 heavy (non-hydrogen) atoms. The summed E-state index contributed by atoms with van der Waals surface area (Å²) in [7, 11) is 0. The van der Waals surface area contributed by atoms with E-state index in [2.05, 4.69) is 10.3 Å². The second kappa shape index (κ2) is 7.16. The number of aromatic carboxylic acids is 1. The van der Waals surface area contributed by atoms with Crippen LogP contribution in [0.4, 0.5) is 10.2 Å². The predicted molar refractivity (Wildman–Crippen MR) is 105 cm³/mol. The van der Waals surface area contributed by atoms with Gasteiger partial charge in [0.2, 0.25) is 5.43 Å². The molecule has 8 heteroatoms. The molecule has 0 aromatic carbocycles. The number of nitrogens with one attached hydrogen (secondary N) is 1. The van der Waals surface area contributed by atoms with Gasteiger partial charge in [0.05, 0.1) is 5.39 Å². The molecule has 2 fully saturated rings. The van der Waals surface area contributed by atoms with Gasteiger partial charge in [0.25, 0.3) is 0 Å². The third-order valence-corrected chi connectivity index (χ3v) is 5.74. The summed E-state index contributed by atoms with van der Waals surface area (Å²) in [6.45, 7) is 5.30. The van der Waals surface area contributed by atoms with Crippen LogP contribution in [0, 0.1) is 5.82 Å². The Hall–Kier alpha value is -2.48. The summed E-state index contributed by atoms with van der Waals surface area (Å²) >= 11 is 0. The van der Waals surface area contributed by atoms with Crippen molar-refractivity contribution < 1.29 is 14.3 Å². The maximum atomic E-state index is 15.0. The molecule has 2 atom stereocenters. The predicted octanol–water partition coefficient (Wildman–Crippen LogP) is 2.54. The fraction of sp³-hybridized carbons (Fsp3) is 0.550. The lowest BCUT2D eigenvalue weighted by molar-refractivity contribution is 0.0694. The lowest BCUT2D eigenvalue weighted by Crippen LogP contribution is -2.54. The number of carboxylic acids is 1. The Kier molecular flexibility index (Phi) is 4.82. The van der Waals surface area contributed by atoms with Crippen LogP contribution in [-0.4, -0.2) is 45.8 Å². The number of carboxylic acid groups (broad SMARTS) is 1. The number of rotatable bonds is 3. The molecule has 1 aliphatic carbocycles. The molecule has 7 nitrogen and oxygen atoms in total. The number of pyridine rings is 2. The van der Waals surface area contributed by atoms with Gasteiger partial charge in [0, 0.05) is 37.4 Å². The van der Waals surface area contributed by atoms with Crippen LogP contribution in [0.2, 0.25) is 0 Å². The highest BCUT2D eigenvalue weighted by atomic mass is 19.1. The van der Waals surface area contributed by atoms with Gasteiger partial charge in [-0.1, -0.05) is 12.8 Å². The van der Waals surface area contributed by atoms with Crippen molar-refractivity contribution in [3.63, 3.8) is 0 Å². The first-order valence-corrected chi connectivity index (χ1v) is 9.85. The Balaban J connectivity index is 1.92. The molecule has 2 N–H and O–H groups in total. The Labute approximate surface area is 162 Å². The van der Waals surface area contributed by atoms with E-state index in [0.29, 0.717) is 18.7 Å². The first-order chi connectivity index (χ1) is 13.3. The largest absolute Gasteiger partial charge is 0.477 e. The van der Waals surface area contributed by atoms with E-state index in [1.807, 2.05) is 18.7 Å². The Morgan fingerprint density at radius 1 is 1.25 bits per heavy atom. The van der Waals surface area contributed by atoms with E-state index in [9.17, 15) is 19.1 Å². The summed E-state index contributed by atoms with van der Waals surface area (Å²) in [5.74, 6) is -1.67. The number of hydrogen-bond acceptors (Lipinski definition) is 5. The van der Waals surface area contributed by atoms with E-state index in [-0.39, 0.29) is 34.9 Å². The Bertz CT molecular complexity index is 974. The standard InChI is InChI=1S/C20H25FN4O3/c1-11-8-24(9-12(2)22-11)19-16(21)7-14-17(26)15(20(27)28)10-25(18(14)23-19)13-5-3-4-6-13/h7,10-13,22H,3-6,8-9H2,1-2H3,(H,27,28). The van der Waals surface area contributed by atoms with Gasteiger partial charge in [-0.3, -0.25) is 4.79 Å². The number of carbonyl (C=O) groups is 1. The highest BCUT2D eigenvalue weighted by molar-refractivity contribution is 5.92. The summed E-state index contributed by atoms with van der Waals surface area (Å²) in [4.78, 5) is 30.7. The number of aromatic nitrogens is 2. The van der Waals surface area contributed by atoms with Crippen LogP contribution in [0.25, 0.3) is 11.0 Å². The van der Waals surface area contributed by atoms with E-state index in [4.69, 9.17) is 0 Å². The minimum absolute atomic E-state index is 0.0317. The molecule has 1 saturated carbocycles. The van der Waals surface area contributed by atoms with Crippen molar-refractivity contribution in [1.82, 2.24) is 14.9 Å². The molecule has 1 aliphatic heterocycles. The number of hydrogen-bond donors (Lipinski definition) is 2. The van der Waals surface area contributed by atoms with Crippen LogP contribution >= 0.6 is 0 Å². The molecular weight excluding hydrogens is 363 g/mol. The number of piperazine rings is 1. The smallest absolute Gasteiger partial charge is 0.341 e. The van der Waals surface area contributed by atoms with Crippen LogP contribution in [0.15, 0.2) is 17.1 Å². The first-order valence-electron chi connectivity index (χ1n) is 9.85. The maximum Gasteiger partial charge on any atom is 0.341 e. The summed E-state index contributed by atoms with van der Waals surface area (Å²) in [6, 6.07) is 1.61. The van der Waals surface area contributed by atoms with Gasteiger partial charge in [-0.05, 0) is 32.8 Å². The molecule has 0 amide bonds. The molecule has 2 unspecified atom stereocenters. The molecule has 2 aromatic rings. The van der Waals surface area contributed by atoms with E-state index < -0.39 is 17.2 Å². The Morgan fingerprint density at radius 3 is 2.50 bits per heavy atom. The van der Waals surface area contributed by atoms with Crippen molar-refractivity contribution in [2.45, 2.75) is 57.7 Å². The van der Waals surface area contributed by atoms with Gasteiger partial charge in [0.1, 0.15) is 11.2 Å². The molecule has 0 radical (unpaired) electrons. The molecule has 2 aliphatic rings. The third-order valence-electron chi connectivity index (χ3n) is 5.74. The quantitative estimate of drug-likeness (QED) is 0.840. The van der Waals surface area contributed by atoms with Gasteiger partial charge in [0.15, 0.2) is 11.6 Å². The molecule has 4 rings (SSSR count). The second-order valence-corrected chi connectivity index (χ2v) is 8.06. The molecule has 2 aromatic heterocycles. The van der Waals surface area contributed by atoms with Gasteiger partial charge < -0.3 is 19.9 Å². The van der Waals surface area contributed by atoms with Crippen LogP contribution in [0.3, 0.4) is 0 Å². The van der Waals surface area contributed by atoms with Crippen LogP contribution in [-0.2, 0) is 0 Å². The highest BCUT2D eigenvalue weighted by Gasteiger charge is 2.28. The van der Waals surface area contributed by atoms with Crippen LogP contribution in [0.1, 0.15) is 55.9 Å². The van der Waals surface area contributed by atoms with Crippen LogP contribution < -0.4 is 15.6 Å². The van der Waals surface area contributed by atoms with Gasteiger partial charge in [-0.15, -0.1) is 0 Å². The van der Waals surface area contributed by atoms with Crippen molar-refractivity contribution in [2.75, 3.05) is 18.0 Å². The average Bonchev–Trinajstić information content (AvgIpc) is 3.15. The molecule has 0 spiro atoms. The van der Waals surface area contributed by atoms with E-state index in [1.165, 1.54) is 6.20 Å². The second-order valence-electron chi connectivity index (χ2n) is 8.06. The van der Waals surface area contributed by atoms with Crippen molar-refractivity contribution in [3.8, 4) is 0 Å². The van der Waals surface area contributed by atoms with Crippen molar-refractivity contribution in [1.29, 1.82) is 0 Å². The maximum absolute atomic E-state index is 15.0. The van der Waals surface area contributed by atoms with E-state index in [0.717, 1.165) is 31.7 Å². The van der Waals surface area contributed by atoms with E-state index in [1.54, 1.807) is 4.57 Å². The molecule has 150 valence electrons. The minimum atomic E-state index is -1.30. The zero-order valence-corrected chi connectivity index (χ0v) is 16.1. The number of halogens is 1. The summed E-state index contributed by atoms with van der Waals surface area (Å²) < 4.78 is 16.7. The topological polar surface area (TPSA) is 87.5 Å². The van der Waals surface area contributed by atoms with Gasteiger partial charge >= 0.3 is 5.97 Å². The minimum Gasteiger partial charge on any atom is -0.477 e. The average molecular weight is 388 g/mol. The number of nitrogens with zero attached hydrogens (tertiary/aromatic N) is 3. The monoisotopic (exact) mass is 388 g/mol. The van der Waals surface area contributed by atoms with Gasteiger partial charge in [-0.25, -0.2) is 14.2 Å². The molecular formula is C20H25FN4O3. The Morgan fingerprint density at radius 2 is 1.89 bits per heavy atom. The molecule has 1 saturated heterocycles. The van der Waals surface area contributed by atoms with Crippen molar-refractivity contribution >= 4 is 22.8 Å². The highest BCUT2D eigenvalue weighted by Crippen LogP contribution is 2.32. The summed E-state index contributed by atoms with van der Waals surface area (Å²) in [5, 5.41) is 12.9. The lowest BCUT2D eigenvalue weighted by Gasteiger charge is -2.37. The number of fused-ring (bicyclic) bond motifs is 1. The third kappa shape index (κ3) is 3.26. The van der Waals surface area contributed by atoms with E-state index >= 15 is 0 Å². The lowest BCUT2D eigenvalue weighted by atomic mass is 10.1. The zero-order valence-electron chi connectivity index (χ0n) is 16.1. The van der Waals surface area contributed by atoms with Gasteiger partial charge in [-0.2, -0.15) is 0 Å². The van der Waals surface area contributed by atoms with Crippen LogP contribution in [0.5, 0.6) is 0 Å².